The van der Waals surface area contributed by atoms with Crippen LogP contribution in [0.25, 0.3) is 11.2 Å². The third-order valence-corrected chi connectivity index (χ3v) is 4.57. The summed E-state index contributed by atoms with van der Waals surface area (Å²) in [4.78, 5) is 12.8. The number of fused-ring (bicyclic) bond motifs is 1. The van der Waals surface area contributed by atoms with Crippen LogP contribution in [-0.4, -0.2) is 66.8 Å². The Morgan fingerprint density at radius 3 is 2.63 bits per heavy atom. The number of aliphatic hydroxyl groups is 3. The molecule has 4 N–H and O–H groups in total. The summed E-state index contributed by atoms with van der Waals surface area (Å²) < 4.78 is 7.08. The molecule has 1 fully saturated rings. The second-order valence-electron chi connectivity index (χ2n) is 6.28. The van der Waals surface area contributed by atoms with Gasteiger partial charge in [-0.25, -0.2) is 15.0 Å². The van der Waals surface area contributed by atoms with Gasteiger partial charge in [-0.2, -0.15) is 0 Å². The minimum absolute atomic E-state index is 0.398. The predicted molar refractivity (Wildman–Crippen MR) is 96.8 cm³/mol. The molecule has 1 aromatic carbocycles. The van der Waals surface area contributed by atoms with E-state index >= 15 is 0 Å². The van der Waals surface area contributed by atoms with Crippen molar-refractivity contribution in [3.8, 4) is 0 Å². The molecule has 1 saturated heterocycles. The number of hydrogen-bond donors (Lipinski definition) is 4. The highest BCUT2D eigenvalue weighted by Gasteiger charge is 2.44. The van der Waals surface area contributed by atoms with E-state index in [1.54, 1.807) is 5.01 Å². The zero-order valence-corrected chi connectivity index (χ0v) is 14.5. The maximum Gasteiger partial charge on any atom is 0.176 e. The van der Waals surface area contributed by atoms with Crippen LogP contribution < -0.4 is 10.4 Å². The molecule has 0 radical (unpaired) electrons. The molecule has 10 nitrogen and oxygen atoms in total. The van der Waals surface area contributed by atoms with Crippen molar-refractivity contribution in [1.29, 1.82) is 0 Å². The number of ether oxygens (including phenoxy) is 1. The van der Waals surface area contributed by atoms with Crippen molar-refractivity contribution in [2.45, 2.75) is 24.5 Å². The average Bonchev–Trinajstić information content (AvgIpc) is 3.25. The van der Waals surface area contributed by atoms with E-state index in [9.17, 15) is 15.3 Å². The van der Waals surface area contributed by atoms with E-state index in [4.69, 9.17) is 4.74 Å². The third kappa shape index (κ3) is 3.08. The van der Waals surface area contributed by atoms with Gasteiger partial charge in [0.1, 0.15) is 24.6 Å². The van der Waals surface area contributed by atoms with Gasteiger partial charge in [0.15, 0.2) is 23.2 Å². The molecule has 2 aromatic heterocycles. The predicted octanol–water partition coefficient (Wildman–Crippen LogP) is -0.0989. The summed E-state index contributed by atoms with van der Waals surface area (Å²) >= 11 is 0. The van der Waals surface area contributed by atoms with Gasteiger partial charge < -0.3 is 20.1 Å². The summed E-state index contributed by atoms with van der Waals surface area (Å²) in [7, 11) is 1.85. The first-order valence-electron chi connectivity index (χ1n) is 8.45. The second-order valence-corrected chi connectivity index (χ2v) is 6.28. The lowest BCUT2D eigenvalue weighted by atomic mass is 10.1. The largest absolute Gasteiger partial charge is 0.394 e. The Balaban J connectivity index is 1.64. The van der Waals surface area contributed by atoms with Crippen molar-refractivity contribution in [2.75, 3.05) is 24.1 Å². The lowest BCUT2D eigenvalue weighted by molar-refractivity contribution is -0.0511. The molecular formula is C17H20N6O4. The van der Waals surface area contributed by atoms with Crippen LogP contribution >= 0.6 is 0 Å². The highest BCUT2D eigenvalue weighted by molar-refractivity contribution is 5.83. The Hall–Kier alpha value is -2.79. The summed E-state index contributed by atoms with van der Waals surface area (Å²) in [5, 5.41) is 31.3. The molecule has 0 amide bonds. The van der Waals surface area contributed by atoms with Gasteiger partial charge in [-0.15, -0.1) is 0 Å². The number of hydrazine groups is 1. The van der Waals surface area contributed by atoms with E-state index in [1.165, 1.54) is 17.2 Å². The molecule has 10 heteroatoms. The van der Waals surface area contributed by atoms with Crippen LogP contribution in [0.1, 0.15) is 6.23 Å². The Bertz CT molecular complexity index is 920. The first kappa shape index (κ1) is 17.6. The molecule has 0 aliphatic carbocycles. The molecule has 4 atom stereocenters. The standard InChI is InChI=1S/C17H20N6O4/c1-22(10-5-3-2-4-6-10)21-15-12-16(19-8-18-15)23(9-20-12)17-14(26)13(25)11(7-24)27-17/h2-6,8-9,11,13-14,17,24-26H,7H2,1H3,(H,18,19,21)/t11-,13-,14-,17-/m1/s1. The van der Waals surface area contributed by atoms with Crippen LogP contribution in [0.15, 0.2) is 43.0 Å². The van der Waals surface area contributed by atoms with Gasteiger partial charge in [0.25, 0.3) is 0 Å². The lowest BCUT2D eigenvalue weighted by Gasteiger charge is -2.21. The first-order chi connectivity index (χ1) is 13.1. The minimum Gasteiger partial charge on any atom is -0.394 e. The van der Waals surface area contributed by atoms with Gasteiger partial charge in [-0.3, -0.25) is 15.0 Å². The molecule has 3 aromatic rings. The average molecular weight is 372 g/mol. The number of nitrogens with one attached hydrogen (secondary N) is 1. The molecule has 0 spiro atoms. The Labute approximate surface area is 154 Å². The second kappa shape index (κ2) is 7.08. The van der Waals surface area contributed by atoms with Crippen LogP contribution in [0.3, 0.4) is 0 Å². The molecule has 1 aliphatic heterocycles. The van der Waals surface area contributed by atoms with Crippen molar-refractivity contribution in [3.05, 3.63) is 43.0 Å². The monoisotopic (exact) mass is 372 g/mol. The zero-order valence-electron chi connectivity index (χ0n) is 14.5. The van der Waals surface area contributed by atoms with Gasteiger partial charge in [-0.1, -0.05) is 18.2 Å². The smallest absolute Gasteiger partial charge is 0.176 e. The van der Waals surface area contributed by atoms with Gasteiger partial charge >= 0.3 is 0 Å². The number of imidazole rings is 1. The molecule has 1 aliphatic rings. The summed E-state index contributed by atoms with van der Waals surface area (Å²) in [5.41, 5.74) is 5.01. The Morgan fingerprint density at radius 2 is 1.93 bits per heavy atom. The number of aliphatic hydroxyl groups excluding tert-OH is 3. The fourth-order valence-corrected chi connectivity index (χ4v) is 3.10. The molecule has 27 heavy (non-hydrogen) atoms. The molecule has 0 bridgehead atoms. The summed E-state index contributed by atoms with van der Waals surface area (Å²) in [6, 6.07) is 9.69. The van der Waals surface area contributed by atoms with Crippen molar-refractivity contribution in [3.63, 3.8) is 0 Å². The maximum absolute atomic E-state index is 10.3. The van der Waals surface area contributed by atoms with Gasteiger partial charge in [0.05, 0.1) is 18.6 Å². The molecule has 142 valence electrons. The van der Waals surface area contributed by atoms with E-state index < -0.39 is 31.1 Å². The topological polar surface area (TPSA) is 129 Å². The number of rotatable bonds is 5. The van der Waals surface area contributed by atoms with Gasteiger partial charge in [-0.05, 0) is 12.1 Å². The summed E-state index contributed by atoms with van der Waals surface area (Å²) in [5.74, 6) is 0.483. The van der Waals surface area contributed by atoms with E-state index in [2.05, 4.69) is 20.4 Å². The van der Waals surface area contributed by atoms with E-state index in [0.717, 1.165) is 5.69 Å². The van der Waals surface area contributed by atoms with Crippen LogP contribution in [0, 0.1) is 0 Å². The van der Waals surface area contributed by atoms with Crippen molar-refractivity contribution in [2.24, 2.45) is 0 Å². The van der Waals surface area contributed by atoms with Crippen LogP contribution in [0.5, 0.6) is 0 Å². The normalized spacial score (nSPS) is 25.0. The van der Waals surface area contributed by atoms with Gasteiger partial charge in [0, 0.05) is 7.05 Å². The zero-order chi connectivity index (χ0) is 19.0. The highest BCUT2D eigenvalue weighted by atomic mass is 16.6. The van der Waals surface area contributed by atoms with Gasteiger partial charge in [0.2, 0.25) is 0 Å². The first-order valence-corrected chi connectivity index (χ1v) is 8.45. The molecular weight excluding hydrogens is 352 g/mol. The summed E-state index contributed by atoms with van der Waals surface area (Å²) in [6.07, 6.45) is -1.34. The lowest BCUT2D eigenvalue weighted by Crippen LogP contribution is -2.33. The number of benzene rings is 1. The van der Waals surface area contributed by atoms with Crippen LogP contribution in [-0.2, 0) is 4.74 Å². The van der Waals surface area contributed by atoms with Crippen molar-refractivity contribution >= 4 is 22.7 Å². The highest BCUT2D eigenvalue weighted by Crippen LogP contribution is 2.32. The molecule has 0 unspecified atom stereocenters. The fraction of sp³-hybridized carbons (Fsp3) is 0.353. The minimum atomic E-state index is -1.21. The third-order valence-electron chi connectivity index (χ3n) is 4.57. The molecule has 0 saturated carbocycles. The quantitative estimate of drug-likeness (QED) is 0.454. The van der Waals surface area contributed by atoms with E-state index in [1.807, 2.05) is 37.4 Å². The van der Waals surface area contributed by atoms with Crippen LogP contribution in [0.4, 0.5) is 11.5 Å². The number of para-hydroxylation sites is 1. The number of hydrogen-bond acceptors (Lipinski definition) is 9. The van der Waals surface area contributed by atoms with Crippen LogP contribution in [0.2, 0.25) is 0 Å². The van der Waals surface area contributed by atoms with Crippen molar-refractivity contribution in [1.82, 2.24) is 19.5 Å². The molecule has 4 rings (SSSR count). The SMILES string of the molecule is CN(Nc1ncnc2c1ncn2[C@@H]1O[C@H](CO)[C@@H](O)[C@H]1O)c1ccccc1. The number of anilines is 2. The number of nitrogens with zero attached hydrogens (tertiary/aromatic N) is 5. The summed E-state index contributed by atoms with van der Waals surface area (Å²) in [6.45, 7) is -0.398. The van der Waals surface area contributed by atoms with E-state index in [-0.39, 0.29) is 0 Å². The van der Waals surface area contributed by atoms with E-state index in [0.29, 0.717) is 17.0 Å². The number of aromatic nitrogens is 4. The fourth-order valence-electron chi connectivity index (χ4n) is 3.10. The Kier molecular flexibility index (Phi) is 4.62. The molecule has 3 heterocycles. The Morgan fingerprint density at radius 1 is 1.15 bits per heavy atom. The maximum atomic E-state index is 10.3. The van der Waals surface area contributed by atoms with Crippen molar-refractivity contribution < 1.29 is 20.1 Å².